The zero-order valence-corrected chi connectivity index (χ0v) is 12.7. The van der Waals surface area contributed by atoms with E-state index in [-0.39, 0.29) is 0 Å². The SMILES string of the molecule is C[Si](C)(C)/C(S)=C(\S)[Si](C)(C)C. The summed E-state index contributed by atoms with van der Waals surface area (Å²) in [7, 11) is -2.46. The summed E-state index contributed by atoms with van der Waals surface area (Å²) in [5.74, 6) is 0. The number of thiol groups is 2. The summed E-state index contributed by atoms with van der Waals surface area (Å²) in [6, 6.07) is 0. The summed E-state index contributed by atoms with van der Waals surface area (Å²) in [6.07, 6.45) is 0. The lowest BCUT2D eigenvalue weighted by Crippen LogP contribution is -2.29. The van der Waals surface area contributed by atoms with Crippen LogP contribution in [0, 0.1) is 0 Å². The van der Waals surface area contributed by atoms with Gasteiger partial charge >= 0.3 is 0 Å². The molecule has 0 unspecified atom stereocenters. The first-order valence-corrected chi connectivity index (χ1v) is 12.1. The van der Waals surface area contributed by atoms with Crippen molar-refractivity contribution < 1.29 is 0 Å². The van der Waals surface area contributed by atoms with Gasteiger partial charge in [-0.2, -0.15) is 25.3 Å². The van der Waals surface area contributed by atoms with Gasteiger partial charge in [0.25, 0.3) is 0 Å². The fourth-order valence-corrected chi connectivity index (χ4v) is 6.39. The minimum atomic E-state index is -1.23. The van der Waals surface area contributed by atoms with Crippen LogP contribution in [0.4, 0.5) is 0 Å². The molecule has 0 aromatic carbocycles. The lowest BCUT2D eigenvalue weighted by molar-refractivity contribution is 1.69. The number of hydrogen-bond acceptors (Lipinski definition) is 2. The first-order chi connectivity index (χ1) is 5.07. The maximum absolute atomic E-state index is 4.60. The fourth-order valence-electron chi connectivity index (χ4n) is 0.710. The van der Waals surface area contributed by atoms with E-state index in [2.05, 4.69) is 64.5 Å². The molecule has 0 spiro atoms. The second-order valence-electron chi connectivity index (χ2n) is 5.20. The van der Waals surface area contributed by atoms with E-state index in [1.165, 1.54) is 9.06 Å². The lowest BCUT2D eigenvalue weighted by Gasteiger charge is -2.25. The zero-order chi connectivity index (χ0) is 10.2. The Morgan fingerprint density at radius 2 is 0.833 bits per heavy atom. The average Bonchev–Trinajstić information content (AvgIpc) is 1.80. The van der Waals surface area contributed by atoms with Crippen molar-refractivity contribution in [1.29, 1.82) is 0 Å². The van der Waals surface area contributed by atoms with Crippen LogP contribution in [0.3, 0.4) is 0 Å². The van der Waals surface area contributed by atoms with Crippen LogP contribution in [0.25, 0.3) is 0 Å². The van der Waals surface area contributed by atoms with Crippen LogP contribution in [-0.2, 0) is 0 Å². The van der Waals surface area contributed by atoms with Crippen molar-refractivity contribution in [3.05, 3.63) is 9.06 Å². The van der Waals surface area contributed by atoms with Crippen molar-refractivity contribution in [3.63, 3.8) is 0 Å². The number of hydrogen-bond donors (Lipinski definition) is 2. The molecule has 0 aliphatic heterocycles. The first kappa shape index (κ1) is 12.9. The summed E-state index contributed by atoms with van der Waals surface area (Å²) in [6.45, 7) is 13.9. The van der Waals surface area contributed by atoms with Crippen molar-refractivity contribution >= 4 is 41.4 Å². The van der Waals surface area contributed by atoms with Gasteiger partial charge in [-0.1, -0.05) is 39.3 Å². The summed E-state index contributed by atoms with van der Waals surface area (Å²) in [5.41, 5.74) is 0. The quantitative estimate of drug-likeness (QED) is 0.529. The van der Waals surface area contributed by atoms with E-state index in [9.17, 15) is 0 Å². The molecular weight excluding hydrogens is 216 g/mol. The summed E-state index contributed by atoms with van der Waals surface area (Å²) >= 11 is 9.20. The highest BCUT2D eigenvalue weighted by Gasteiger charge is 2.26. The molecule has 0 amide bonds. The standard InChI is InChI=1S/C8H20S2Si2/c1-11(2,3)7(9)8(10)12(4,5)6/h9-10H,1-6H3/b8-7+. The monoisotopic (exact) mass is 236 g/mol. The molecule has 0 saturated heterocycles. The third-order valence-electron chi connectivity index (χ3n) is 1.65. The van der Waals surface area contributed by atoms with Gasteiger partial charge < -0.3 is 0 Å². The Hall–Kier alpha value is 0.874. The first-order valence-electron chi connectivity index (χ1n) is 4.20. The topological polar surface area (TPSA) is 0 Å². The maximum Gasteiger partial charge on any atom is 0.0859 e. The van der Waals surface area contributed by atoms with Crippen molar-refractivity contribution in [2.24, 2.45) is 0 Å². The van der Waals surface area contributed by atoms with Crippen molar-refractivity contribution in [2.45, 2.75) is 39.3 Å². The predicted molar refractivity (Wildman–Crippen MR) is 71.7 cm³/mol. The molecule has 0 aliphatic carbocycles. The van der Waals surface area contributed by atoms with Crippen molar-refractivity contribution in [1.82, 2.24) is 0 Å². The molecule has 12 heavy (non-hydrogen) atoms. The highest BCUT2D eigenvalue weighted by atomic mass is 32.1. The molecule has 72 valence electrons. The minimum absolute atomic E-state index is 1.23. The van der Waals surface area contributed by atoms with Gasteiger partial charge in [-0.25, -0.2) is 0 Å². The molecule has 0 fully saturated rings. The Bertz CT molecular complexity index is 174. The van der Waals surface area contributed by atoms with Crippen LogP contribution in [0.2, 0.25) is 39.3 Å². The molecule has 0 heterocycles. The predicted octanol–water partition coefficient (Wildman–Crippen LogP) is 3.81. The molecule has 0 nitrogen and oxygen atoms in total. The smallest absolute Gasteiger partial charge is 0.0859 e. The molecule has 0 N–H and O–H groups in total. The Morgan fingerprint density at radius 3 is 0.917 bits per heavy atom. The van der Waals surface area contributed by atoms with Gasteiger partial charge in [0.15, 0.2) is 0 Å². The zero-order valence-electron chi connectivity index (χ0n) is 8.89. The van der Waals surface area contributed by atoms with E-state index in [4.69, 9.17) is 0 Å². The Kier molecular flexibility index (Phi) is 4.23. The molecule has 0 rings (SSSR count). The molecular formula is C8H20S2Si2. The van der Waals surface area contributed by atoms with Crippen LogP contribution in [0.15, 0.2) is 9.06 Å². The fraction of sp³-hybridized carbons (Fsp3) is 0.750. The van der Waals surface area contributed by atoms with Gasteiger partial charge in [0.05, 0.1) is 16.1 Å². The van der Waals surface area contributed by atoms with Crippen LogP contribution in [0.1, 0.15) is 0 Å². The second-order valence-corrected chi connectivity index (χ2v) is 16.9. The molecule has 4 heteroatoms. The minimum Gasteiger partial charge on any atom is -0.152 e. The van der Waals surface area contributed by atoms with E-state index in [0.717, 1.165) is 0 Å². The van der Waals surface area contributed by atoms with Crippen molar-refractivity contribution in [3.8, 4) is 0 Å². The summed E-state index contributed by atoms with van der Waals surface area (Å²) in [5, 5.41) is 0. The molecule has 0 aromatic rings. The van der Waals surface area contributed by atoms with Crippen LogP contribution in [0.5, 0.6) is 0 Å². The van der Waals surface area contributed by atoms with Crippen molar-refractivity contribution in [2.75, 3.05) is 0 Å². The maximum atomic E-state index is 4.60. The van der Waals surface area contributed by atoms with Gasteiger partial charge in [-0.3, -0.25) is 0 Å². The largest absolute Gasteiger partial charge is 0.152 e. The number of rotatable bonds is 2. The molecule has 0 aliphatic rings. The molecule has 0 atom stereocenters. The van der Waals surface area contributed by atoms with Crippen LogP contribution in [-0.4, -0.2) is 16.1 Å². The Morgan fingerprint density at radius 1 is 0.667 bits per heavy atom. The Balaban J connectivity index is 4.96. The van der Waals surface area contributed by atoms with Gasteiger partial charge in [0.2, 0.25) is 0 Å². The average molecular weight is 237 g/mol. The van der Waals surface area contributed by atoms with E-state index in [1.807, 2.05) is 0 Å². The third kappa shape index (κ3) is 3.72. The second kappa shape index (κ2) is 3.94. The van der Waals surface area contributed by atoms with Crippen LogP contribution >= 0.6 is 25.3 Å². The molecule has 0 aromatic heterocycles. The van der Waals surface area contributed by atoms with E-state index >= 15 is 0 Å². The van der Waals surface area contributed by atoms with Crippen LogP contribution < -0.4 is 0 Å². The van der Waals surface area contributed by atoms with Gasteiger partial charge in [-0.05, 0) is 9.06 Å². The van der Waals surface area contributed by atoms with E-state index < -0.39 is 16.1 Å². The van der Waals surface area contributed by atoms with Gasteiger partial charge in [0, 0.05) is 0 Å². The molecule has 0 radical (unpaired) electrons. The van der Waals surface area contributed by atoms with Gasteiger partial charge in [0.1, 0.15) is 0 Å². The molecule has 0 bridgehead atoms. The highest BCUT2D eigenvalue weighted by molar-refractivity contribution is 7.92. The summed E-state index contributed by atoms with van der Waals surface area (Å²) in [4.78, 5) is 0. The highest BCUT2D eigenvalue weighted by Crippen LogP contribution is 2.30. The lowest BCUT2D eigenvalue weighted by atomic mass is 11.2. The van der Waals surface area contributed by atoms with E-state index in [1.54, 1.807) is 0 Å². The summed E-state index contributed by atoms with van der Waals surface area (Å²) < 4.78 is 2.56. The Labute approximate surface area is 89.7 Å². The van der Waals surface area contributed by atoms with Gasteiger partial charge in [-0.15, -0.1) is 0 Å². The third-order valence-corrected chi connectivity index (χ3v) is 10.3. The van der Waals surface area contributed by atoms with E-state index in [0.29, 0.717) is 0 Å². The normalized spacial score (nSPS) is 16.0. The molecule has 0 saturated carbocycles.